The number of esters is 1. The van der Waals surface area contributed by atoms with Crippen molar-refractivity contribution >= 4 is 46.3 Å². The molecule has 0 aliphatic carbocycles. The average Bonchev–Trinajstić information content (AvgIpc) is 3.09. The second kappa shape index (κ2) is 10.4. The number of carbonyl (C=O) groups excluding carboxylic acids is 4. The van der Waals surface area contributed by atoms with E-state index in [1.54, 1.807) is 49.4 Å². The molecule has 0 fully saturated rings. The van der Waals surface area contributed by atoms with Crippen molar-refractivity contribution < 1.29 is 28.7 Å². The summed E-state index contributed by atoms with van der Waals surface area (Å²) in [5, 5.41) is 5.45. The van der Waals surface area contributed by atoms with Crippen LogP contribution in [0.5, 0.6) is 5.75 Å². The van der Waals surface area contributed by atoms with Gasteiger partial charge in [-0.05, 0) is 61.9 Å². The zero-order valence-electron chi connectivity index (χ0n) is 19.1. The smallest absolute Gasteiger partial charge is 0.321 e. The first-order chi connectivity index (χ1) is 16.2. The van der Waals surface area contributed by atoms with E-state index in [-0.39, 0.29) is 12.3 Å². The van der Waals surface area contributed by atoms with E-state index in [2.05, 4.69) is 10.6 Å². The summed E-state index contributed by atoms with van der Waals surface area (Å²) in [6, 6.07) is 11.0. The van der Waals surface area contributed by atoms with E-state index < -0.39 is 24.0 Å². The number of ether oxygens (including phenoxy) is 2. The fourth-order valence-corrected chi connectivity index (χ4v) is 3.63. The van der Waals surface area contributed by atoms with Gasteiger partial charge >= 0.3 is 12.0 Å². The van der Waals surface area contributed by atoms with Gasteiger partial charge in [0.15, 0.2) is 6.10 Å². The molecule has 0 saturated heterocycles. The Kier molecular flexibility index (Phi) is 7.57. The molecule has 3 rings (SSSR count). The molecule has 10 heteroatoms. The highest BCUT2D eigenvalue weighted by atomic mass is 35.5. The minimum Gasteiger partial charge on any atom is -0.497 e. The van der Waals surface area contributed by atoms with Gasteiger partial charge in [-0.2, -0.15) is 0 Å². The zero-order valence-corrected chi connectivity index (χ0v) is 19.9. The highest BCUT2D eigenvalue weighted by molar-refractivity contribution is 6.30. The predicted octanol–water partition coefficient (Wildman–Crippen LogP) is 3.23. The number of hydrogen-bond acceptors (Lipinski definition) is 6. The van der Waals surface area contributed by atoms with Crippen molar-refractivity contribution in [3.63, 3.8) is 0 Å². The van der Waals surface area contributed by atoms with E-state index in [0.717, 1.165) is 0 Å². The second-order valence-corrected chi connectivity index (χ2v) is 7.91. The third-order valence-electron chi connectivity index (χ3n) is 5.30. The first-order valence-corrected chi connectivity index (χ1v) is 10.7. The summed E-state index contributed by atoms with van der Waals surface area (Å²) in [6.07, 6.45) is -1.39. The standard InChI is InChI=1S/C24H24ClN3O6/c1-13-18(12-21(29)34-14(2)22(30)27-24(32)26-3)19-11-17(33-4)9-10-20(19)28(13)23(31)15-5-7-16(25)8-6-15/h5-11,14H,12H2,1-4H3,(H2,26,27,30,32)/t14-/m0/s1. The van der Waals surface area contributed by atoms with Crippen molar-refractivity contribution in [2.75, 3.05) is 14.2 Å². The van der Waals surface area contributed by atoms with E-state index >= 15 is 0 Å². The summed E-state index contributed by atoms with van der Waals surface area (Å²) in [5.74, 6) is -1.19. The van der Waals surface area contributed by atoms with Crippen molar-refractivity contribution in [3.8, 4) is 5.75 Å². The van der Waals surface area contributed by atoms with Crippen molar-refractivity contribution in [1.29, 1.82) is 0 Å². The molecule has 0 aliphatic rings. The van der Waals surface area contributed by atoms with Gasteiger partial charge in [-0.15, -0.1) is 0 Å². The predicted molar refractivity (Wildman–Crippen MR) is 126 cm³/mol. The number of nitrogens with zero attached hydrogens (tertiary/aromatic N) is 1. The van der Waals surface area contributed by atoms with Gasteiger partial charge in [0.2, 0.25) is 0 Å². The Morgan fingerprint density at radius 3 is 2.38 bits per heavy atom. The molecule has 0 saturated carbocycles. The molecule has 2 aromatic carbocycles. The Balaban J connectivity index is 1.95. The van der Waals surface area contributed by atoms with Gasteiger partial charge < -0.3 is 14.8 Å². The number of aromatic nitrogens is 1. The number of urea groups is 1. The first-order valence-electron chi connectivity index (χ1n) is 10.4. The quantitative estimate of drug-likeness (QED) is 0.518. The SMILES string of the molecule is CNC(=O)NC(=O)[C@H](C)OC(=O)Cc1c(C)n(C(=O)c2ccc(Cl)cc2)c2ccc(OC)cc12. The molecule has 0 bridgehead atoms. The molecule has 0 aliphatic heterocycles. The third kappa shape index (κ3) is 5.20. The number of halogens is 1. The second-order valence-electron chi connectivity index (χ2n) is 7.47. The van der Waals surface area contributed by atoms with E-state index in [4.69, 9.17) is 21.1 Å². The molecule has 0 spiro atoms. The van der Waals surface area contributed by atoms with E-state index in [1.165, 1.54) is 25.6 Å². The summed E-state index contributed by atoms with van der Waals surface area (Å²) in [5.41, 5.74) is 2.11. The highest BCUT2D eigenvalue weighted by Crippen LogP contribution is 2.31. The summed E-state index contributed by atoms with van der Waals surface area (Å²) in [7, 11) is 2.88. The topological polar surface area (TPSA) is 116 Å². The molecular formula is C24H24ClN3O6. The molecular weight excluding hydrogens is 462 g/mol. The van der Waals surface area contributed by atoms with E-state index in [0.29, 0.717) is 38.5 Å². The van der Waals surface area contributed by atoms with Crippen molar-refractivity contribution in [2.45, 2.75) is 26.4 Å². The molecule has 1 atom stereocenters. The molecule has 9 nitrogen and oxygen atoms in total. The summed E-state index contributed by atoms with van der Waals surface area (Å²) >= 11 is 5.95. The molecule has 3 aromatic rings. The zero-order chi connectivity index (χ0) is 25.0. The van der Waals surface area contributed by atoms with Crippen LogP contribution in [0, 0.1) is 6.92 Å². The van der Waals surface area contributed by atoms with Crippen LogP contribution in [-0.4, -0.2) is 48.6 Å². The van der Waals surface area contributed by atoms with Gasteiger partial charge in [0, 0.05) is 28.7 Å². The van der Waals surface area contributed by atoms with Crippen LogP contribution in [0.4, 0.5) is 4.79 Å². The van der Waals surface area contributed by atoms with Crippen LogP contribution < -0.4 is 15.4 Å². The lowest BCUT2D eigenvalue weighted by molar-refractivity contribution is -0.153. The molecule has 34 heavy (non-hydrogen) atoms. The minimum absolute atomic E-state index is 0.200. The van der Waals surface area contributed by atoms with Gasteiger partial charge in [-0.3, -0.25) is 24.3 Å². The number of carbonyl (C=O) groups is 4. The normalized spacial score (nSPS) is 11.6. The fraction of sp³-hybridized carbons (Fsp3) is 0.250. The Morgan fingerprint density at radius 1 is 1.09 bits per heavy atom. The molecule has 1 aromatic heterocycles. The fourth-order valence-electron chi connectivity index (χ4n) is 3.51. The van der Waals surface area contributed by atoms with Crippen LogP contribution in [0.2, 0.25) is 5.02 Å². The Bertz CT molecular complexity index is 1270. The number of benzene rings is 2. The van der Waals surface area contributed by atoms with Crippen molar-refractivity contribution in [1.82, 2.24) is 15.2 Å². The number of amides is 3. The Labute approximate surface area is 201 Å². The monoisotopic (exact) mass is 485 g/mol. The van der Waals surface area contributed by atoms with Crippen molar-refractivity contribution in [3.05, 3.63) is 64.3 Å². The molecule has 178 valence electrons. The van der Waals surface area contributed by atoms with Crippen LogP contribution in [0.25, 0.3) is 10.9 Å². The molecule has 0 radical (unpaired) electrons. The Morgan fingerprint density at radius 2 is 1.76 bits per heavy atom. The first kappa shape index (κ1) is 24.8. The maximum absolute atomic E-state index is 13.3. The third-order valence-corrected chi connectivity index (χ3v) is 5.55. The molecule has 1 heterocycles. The highest BCUT2D eigenvalue weighted by Gasteiger charge is 2.25. The van der Waals surface area contributed by atoms with Crippen LogP contribution in [0.1, 0.15) is 28.5 Å². The number of rotatable bonds is 6. The van der Waals surface area contributed by atoms with Crippen LogP contribution >= 0.6 is 11.6 Å². The lowest BCUT2D eigenvalue weighted by atomic mass is 10.1. The van der Waals surface area contributed by atoms with Gasteiger partial charge in [0.25, 0.3) is 11.8 Å². The van der Waals surface area contributed by atoms with Gasteiger partial charge in [0.1, 0.15) is 5.75 Å². The number of methoxy groups -OCH3 is 1. The number of fused-ring (bicyclic) bond motifs is 1. The minimum atomic E-state index is -1.19. The van der Waals surface area contributed by atoms with Gasteiger partial charge in [-0.1, -0.05) is 11.6 Å². The Hall–Kier alpha value is -3.85. The maximum Gasteiger partial charge on any atom is 0.321 e. The van der Waals surface area contributed by atoms with Gasteiger partial charge in [0.05, 0.1) is 19.0 Å². The summed E-state index contributed by atoms with van der Waals surface area (Å²) < 4.78 is 12.1. The number of imide groups is 1. The number of hydrogen-bond donors (Lipinski definition) is 2. The largest absolute Gasteiger partial charge is 0.497 e. The van der Waals surface area contributed by atoms with E-state index in [1.807, 2.05) is 0 Å². The molecule has 3 amide bonds. The van der Waals surface area contributed by atoms with Crippen molar-refractivity contribution in [2.24, 2.45) is 0 Å². The van der Waals surface area contributed by atoms with Crippen LogP contribution in [-0.2, 0) is 20.7 Å². The summed E-state index contributed by atoms with van der Waals surface area (Å²) in [6.45, 7) is 3.09. The number of nitrogens with one attached hydrogen (secondary N) is 2. The van der Waals surface area contributed by atoms with Gasteiger partial charge in [-0.25, -0.2) is 4.79 Å². The summed E-state index contributed by atoms with van der Waals surface area (Å²) in [4.78, 5) is 49.3. The van der Waals surface area contributed by atoms with Crippen LogP contribution in [0.3, 0.4) is 0 Å². The molecule has 0 unspecified atom stereocenters. The molecule has 2 N–H and O–H groups in total. The maximum atomic E-state index is 13.3. The van der Waals surface area contributed by atoms with Crippen LogP contribution in [0.15, 0.2) is 42.5 Å². The lowest BCUT2D eigenvalue weighted by Gasteiger charge is -2.13. The van der Waals surface area contributed by atoms with E-state index in [9.17, 15) is 19.2 Å². The average molecular weight is 486 g/mol. The lowest BCUT2D eigenvalue weighted by Crippen LogP contribution is -2.43.